The van der Waals surface area contributed by atoms with E-state index in [1.165, 1.54) is 19.3 Å². The summed E-state index contributed by atoms with van der Waals surface area (Å²) in [6.45, 7) is 0. The zero-order valence-electron chi connectivity index (χ0n) is 15.3. The number of pyridine rings is 1. The number of nitrogens with one attached hydrogen (secondary N) is 1. The Kier molecular flexibility index (Phi) is 5.25. The zero-order chi connectivity index (χ0) is 19.5. The zero-order valence-corrected chi connectivity index (χ0v) is 15.3. The van der Waals surface area contributed by atoms with Crippen molar-refractivity contribution in [1.29, 1.82) is 0 Å². The summed E-state index contributed by atoms with van der Waals surface area (Å²) in [5.74, 6) is 5.65. The van der Waals surface area contributed by atoms with Gasteiger partial charge in [-0.1, -0.05) is 31.1 Å². The van der Waals surface area contributed by atoms with E-state index < -0.39 is 29.9 Å². The molecule has 0 unspecified atom stereocenters. The number of hydrogen-bond acceptors (Lipinski definition) is 3. The minimum absolute atomic E-state index is 0.0120. The molecular weight excluding hydrogens is 362 g/mol. The predicted octanol–water partition coefficient (Wildman–Crippen LogP) is 4.81. The van der Waals surface area contributed by atoms with Gasteiger partial charge in [-0.25, -0.2) is 13.6 Å². The molecule has 1 aromatic heterocycles. The number of benzene rings is 1. The Balaban J connectivity index is 1.61. The van der Waals surface area contributed by atoms with Gasteiger partial charge in [0.25, 0.3) is 0 Å². The summed E-state index contributed by atoms with van der Waals surface area (Å²) in [5.41, 5.74) is 1.35. The van der Waals surface area contributed by atoms with Crippen LogP contribution in [0.5, 0.6) is 0 Å². The third-order valence-corrected chi connectivity index (χ3v) is 5.22. The third-order valence-electron chi connectivity index (χ3n) is 5.22. The van der Waals surface area contributed by atoms with Crippen LogP contribution in [0.25, 0.3) is 0 Å². The molecule has 2 aliphatic rings. The smallest absolute Gasteiger partial charge is 0.408 e. The first-order chi connectivity index (χ1) is 13.6. The summed E-state index contributed by atoms with van der Waals surface area (Å²) in [6.07, 6.45) is 7.51. The summed E-state index contributed by atoms with van der Waals surface area (Å²) < 4.78 is 33.1. The molecule has 0 spiro atoms. The van der Waals surface area contributed by atoms with Gasteiger partial charge >= 0.3 is 6.09 Å². The molecule has 2 atom stereocenters. The Morgan fingerprint density at radius 1 is 1.11 bits per heavy atom. The second kappa shape index (κ2) is 7.97. The summed E-state index contributed by atoms with van der Waals surface area (Å²) in [6, 6.07) is 4.24. The standard InChI is InChI=1S/C22H20F2N2O2/c23-17-8-9-19(24)18(11-17)21-20(26-22(27)28-21)16-10-15(12-25-13-16)7-6-14-4-2-1-3-5-14/h8-14,20-21H,1-5H2,(H,26,27)/t20-,21-/m1/s1. The Morgan fingerprint density at radius 2 is 1.93 bits per heavy atom. The SMILES string of the molecule is O=C1N[C@H](c2cncc(C#CC3CCCCC3)c2)[C@@H](c2cc(F)ccc2F)O1. The fourth-order valence-electron chi connectivity index (χ4n) is 3.78. The van der Waals surface area contributed by atoms with Gasteiger partial charge in [0.1, 0.15) is 17.7 Å². The first-order valence-electron chi connectivity index (χ1n) is 9.49. The number of carbonyl (C=O) groups excluding carboxylic acids is 1. The van der Waals surface area contributed by atoms with Crippen LogP contribution >= 0.6 is 0 Å². The van der Waals surface area contributed by atoms with E-state index in [2.05, 4.69) is 22.1 Å². The lowest BCUT2D eigenvalue weighted by Gasteiger charge is -2.18. The number of amides is 1. The second-order valence-corrected chi connectivity index (χ2v) is 7.22. The van der Waals surface area contributed by atoms with Gasteiger partial charge in [0.2, 0.25) is 0 Å². The Hall–Kier alpha value is -2.94. The lowest BCUT2D eigenvalue weighted by molar-refractivity contribution is 0.130. The molecule has 28 heavy (non-hydrogen) atoms. The van der Waals surface area contributed by atoms with Crippen molar-refractivity contribution in [2.24, 2.45) is 5.92 Å². The van der Waals surface area contributed by atoms with Crippen LogP contribution in [0.1, 0.15) is 60.9 Å². The van der Waals surface area contributed by atoms with Gasteiger partial charge in [-0.05, 0) is 42.7 Å². The number of cyclic esters (lactones) is 1. The van der Waals surface area contributed by atoms with Crippen molar-refractivity contribution in [3.63, 3.8) is 0 Å². The van der Waals surface area contributed by atoms with Crippen LogP contribution < -0.4 is 5.32 Å². The van der Waals surface area contributed by atoms with E-state index in [4.69, 9.17) is 4.74 Å². The van der Waals surface area contributed by atoms with Crippen molar-refractivity contribution in [3.05, 3.63) is 65.0 Å². The van der Waals surface area contributed by atoms with Gasteiger partial charge < -0.3 is 10.1 Å². The van der Waals surface area contributed by atoms with E-state index in [9.17, 15) is 13.6 Å². The minimum atomic E-state index is -0.980. The highest BCUT2D eigenvalue weighted by Gasteiger charge is 2.38. The quantitative estimate of drug-likeness (QED) is 0.758. The van der Waals surface area contributed by atoms with Crippen LogP contribution in [-0.2, 0) is 4.74 Å². The molecule has 1 aromatic carbocycles. The highest BCUT2D eigenvalue weighted by Crippen LogP contribution is 2.38. The molecule has 2 aromatic rings. The van der Waals surface area contributed by atoms with Gasteiger partial charge in [-0.3, -0.25) is 4.98 Å². The lowest BCUT2D eigenvalue weighted by Crippen LogP contribution is -2.20. The number of halogens is 2. The molecule has 4 nitrogen and oxygen atoms in total. The Morgan fingerprint density at radius 3 is 2.75 bits per heavy atom. The van der Waals surface area contributed by atoms with Crippen molar-refractivity contribution in [1.82, 2.24) is 10.3 Å². The fourth-order valence-corrected chi connectivity index (χ4v) is 3.78. The average Bonchev–Trinajstić information content (AvgIpc) is 3.11. The minimum Gasteiger partial charge on any atom is -0.439 e. The van der Waals surface area contributed by atoms with Crippen molar-refractivity contribution in [3.8, 4) is 11.8 Å². The average molecular weight is 382 g/mol. The fraction of sp³-hybridized carbons (Fsp3) is 0.364. The highest BCUT2D eigenvalue weighted by atomic mass is 19.1. The van der Waals surface area contributed by atoms with Crippen molar-refractivity contribution < 1.29 is 18.3 Å². The molecule has 144 valence electrons. The number of hydrogen-bond donors (Lipinski definition) is 1. The molecule has 1 N–H and O–H groups in total. The maximum Gasteiger partial charge on any atom is 0.408 e. The van der Waals surface area contributed by atoms with Crippen LogP contribution in [0.15, 0.2) is 36.7 Å². The Labute approximate surface area is 162 Å². The number of alkyl carbamates (subject to hydrolysis) is 1. The summed E-state index contributed by atoms with van der Waals surface area (Å²) in [7, 11) is 0. The highest BCUT2D eigenvalue weighted by molar-refractivity contribution is 5.71. The first-order valence-corrected chi connectivity index (χ1v) is 9.49. The number of rotatable bonds is 2. The van der Waals surface area contributed by atoms with E-state index >= 15 is 0 Å². The molecule has 0 bridgehead atoms. The molecular formula is C22H20F2N2O2. The molecule has 1 amide bonds. The predicted molar refractivity (Wildman–Crippen MR) is 99.1 cm³/mol. The molecule has 2 heterocycles. The van der Waals surface area contributed by atoms with E-state index in [0.29, 0.717) is 11.5 Å². The molecule has 1 aliphatic heterocycles. The topological polar surface area (TPSA) is 51.2 Å². The largest absolute Gasteiger partial charge is 0.439 e. The second-order valence-electron chi connectivity index (χ2n) is 7.22. The molecule has 6 heteroatoms. The molecule has 1 saturated heterocycles. The Bertz CT molecular complexity index is 945. The molecule has 4 rings (SSSR count). The number of carbonyl (C=O) groups is 1. The van der Waals surface area contributed by atoms with Crippen LogP contribution in [0.4, 0.5) is 13.6 Å². The summed E-state index contributed by atoms with van der Waals surface area (Å²) >= 11 is 0. The molecule has 1 saturated carbocycles. The van der Waals surface area contributed by atoms with Gasteiger partial charge in [0.05, 0.1) is 0 Å². The van der Waals surface area contributed by atoms with Crippen LogP contribution in [0, 0.1) is 29.4 Å². The molecule has 0 radical (unpaired) electrons. The van der Waals surface area contributed by atoms with Gasteiger partial charge in [-0.2, -0.15) is 0 Å². The van der Waals surface area contributed by atoms with E-state index in [1.807, 2.05) is 6.07 Å². The van der Waals surface area contributed by atoms with Gasteiger partial charge in [0, 0.05) is 29.4 Å². The van der Waals surface area contributed by atoms with Crippen LogP contribution in [0.3, 0.4) is 0 Å². The van der Waals surface area contributed by atoms with Crippen molar-refractivity contribution in [2.45, 2.75) is 44.2 Å². The van der Waals surface area contributed by atoms with Gasteiger partial charge in [0.15, 0.2) is 6.10 Å². The molecule has 2 fully saturated rings. The lowest BCUT2D eigenvalue weighted by atomic mass is 9.89. The van der Waals surface area contributed by atoms with E-state index in [-0.39, 0.29) is 5.56 Å². The van der Waals surface area contributed by atoms with Crippen molar-refractivity contribution in [2.75, 3.05) is 0 Å². The normalized spacial score (nSPS) is 22.1. The monoisotopic (exact) mass is 382 g/mol. The third kappa shape index (κ3) is 3.99. The van der Waals surface area contributed by atoms with Gasteiger partial charge in [-0.15, -0.1) is 0 Å². The van der Waals surface area contributed by atoms with Crippen molar-refractivity contribution >= 4 is 6.09 Å². The molecule has 1 aliphatic carbocycles. The maximum absolute atomic E-state index is 14.2. The summed E-state index contributed by atoms with van der Waals surface area (Å²) in [5, 5.41) is 2.66. The summed E-state index contributed by atoms with van der Waals surface area (Å²) in [4.78, 5) is 16.0. The first kappa shape index (κ1) is 18.4. The van der Waals surface area contributed by atoms with E-state index in [1.54, 1.807) is 12.4 Å². The van der Waals surface area contributed by atoms with Crippen LogP contribution in [0.2, 0.25) is 0 Å². The number of nitrogens with zero attached hydrogens (tertiary/aromatic N) is 1. The van der Waals surface area contributed by atoms with E-state index in [0.717, 1.165) is 36.6 Å². The number of ether oxygens (including phenoxy) is 1. The maximum atomic E-state index is 14.2. The number of aromatic nitrogens is 1. The van der Waals surface area contributed by atoms with Crippen LogP contribution in [-0.4, -0.2) is 11.1 Å².